The Bertz CT molecular complexity index is 1020. The molecule has 0 saturated carbocycles. The first kappa shape index (κ1) is 12.6. The molecule has 0 unspecified atom stereocenters. The number of fused-ring (bicyclic) bond motifs is 2. The third-order valence-electron chi connectivity index (χ3n) is 3.94. The number of benzene rings is 2. The lowest BCUT2D eigenvalue weighted by Crippen LogP contribution is -1.91. The van der Waals surface area contributed by atoms with Gasteiger partial charge in [-0.05, 0) is 23.8 Å². The Balaban J connectivity index is 2.01. The lowest BCUT2D eigenvalue weighted by atomic mass is 10.0. The zero-order valence-electron chi connectivity index (χ0n) is 11.9. The van der Waals surface area contributed by atoms with Crippen LogP contribution < -0.4 is 0 Å². The predicted octanol–water partition coefficient (Wildman–Crippen LogP) is 4.45. The van der Waals surface area contributed by atoms with E-state index < -0.39 is 0 Å². The number of H-pyrrole nitrogens is 1. The van der Waals surface area contributed by atoms with Crippen LogP contribution in [0.5, 0.6) is 0 Å². The van der Waals surface area contributed by atoms with Gasteiger partial charge in [0.05, 0.1) is 23.7 Å². The van der Waals surface area contributed by atoms with Crippen LogP contribution in [0.15, 0.2) is 60.8 Å². The van der Waals surface area contributed by atoms with Gasteiger partial charge in [-0.25, -0.2) is 4.98 Å². The van der Waals surface area contributed by atoms with Crippen molar-refractivity contribution >= 4 is 21.8 Å². The smallest absolute Gasteiger partial charge is 0.0734 e. The minimum absolute atomic E-state index is 0.387. The van der Waals surface area contributed by atoms with E-state index in [4.69, 9.17) is 10.2 Å². The van der Waals surface area contributed by atoms with Gasteiger partial charge in [0, 0.05) is 28.0 Å². The molecular formula is C19H13N3. The summed E-state index contributed by atoms with van der Waals surface area (Å²) < 4.78 is 0. The van der Waals surface area contributed by atoms with E-state index in [1.165, 1.54) is 0 Å². The SMILES string of the molecule is N#CCc1cc(-c2c[nH]c3ccccc23)nc2ccccc12. The van der Waals surface area contributed by atoms with Gasteiger partial charge in [-0.15, -0.1) is 0 Å². The van der Waals surface area contributed by atoms with Crippen LogP contribution in [0.4, 0.5) is 0 Å². The largest absolute Gasteiger partial charge is 0.360 e. The number of pyridine rings is 1. The molecule has 4 aromatic rings. The Morgan fingerprint density at radius 3 is 2.64 bits per heavy atom. The minimum Gasteiger partial charge on any atom is -0.360 e. The molecule has 0 saturated heterocycles. The maximum absolute atomic E-state index is 9.10. The molecule has 2 aromatic carbocycles. The van der Waals surface area contributed by atoms with Gasteiger partial charge in [0.2, 0.25) is 0 Å². The van der Waals surface area contributed by atoms with Crippen LogP contribution in [-0.4, -0.2) is 9.97 Å². The predicted molar refractivity (Wildman–Crippen MR) is 88.4 cm³/mol. The molecule has 22 heavy (non-hydrogen) atoms. The van der Waals surface area contributed by atoms with Gasteiger partial charge in [0.1, 0.15) is 0 Å². The van der Waals surface area contributed by atoms with Crippen molar-refractivity contribution in [2.24, 2.45) is 0 Å². The first-order valence-corrected chi connectivity index (χ1v) is 7.19. The molecule has 2 aromatic heterocycles. The summed E-state index contributed by atoms with van der Waals surface area (Å²) in [6, 6.07) is 20.4. The van der Waals surface area contributed by atoms with Gasteiger partial charge >= 0.3 is 0 Å². The third-order valence-corrected chi connectivity index (χ3v) is 3.94. The number of nitrogens with one attached hydrogen (secondary N) is 1. The average Bonchev–Trinajstić information content (AvgIpc) is 2.99. The fraction of sp³-hybridized carbons (Fsp3) is 0.0526. The van der Waals surface area contributed by atoms with Crippen molar-refractivity contribution in [3.8, 4) is 17.3 Å². The van der Waals surface area contributed by atoms with Gasteiger partial charge in [-0.3, -0.25) is 0 Å². The first-order chi connectivity index (χ1) is 10.9. The topological polar surface area (TPSA) is 52.5 Å². The fourth-order valence-corrected chi connectivity index (χ4v) is 2.90. The summed E-state index contributed by atoms with van der Waals surface area (Å²) in [5.74, 6) is 0. The zero-order chi connectivity index (χ0) is 14.9. The molecule has 0 aliphatic carbocycles. The number of nitriles is 1. The van der Waals surface area contributed by atoms with E-state index in [-0.39, 0.29) is 0 Å². The molecule has 0 bridgehead atoms. The molecular weight excluding hydrogens is 270 g/mol. The number of aromatic amines is 1. The molecule has 0 spiro atoms. The minimum atomic E-state index is 0.387. The van der Waals surface area contributed by atoms with Crippen LogP contribution in [-0.2, 0) is 6.42 Å². The summed E-state index contributed by atoms with van der Waals surface area (Å²) in [7, 11) is 0. The maximum atomic E-state index is 9.10. The normalized spacial score (nSPS) is 10.9. The number of para-hydroxylation sites is 2. The molecule has 1 N–H and O–H groups in total. The van der Waals surface area contributed by atoms with Crippen molar-refractivity contribution in [2.75, 3.05) is 0 Å². The number of hydrogen-bond donors (Lipinski definition) is 1. The second kappa shape index (κ2) is 5.01. The van der Waals surface area contributed by atoms with Gasteiger partial charge < -0.3 is 4.98 Å². The standard InChI is InChI=1S/C19H13N3/c20-10-9-13-11-19(22-18-8-4-1-5-14(13)18)16-12-21-17-7-3-2-6-15(16)17/h1-8,11-12,21H,9H2. The van der Waals surface area contributed by atoms with Gasteiger partial charge in [-0.2, -0.15) is 5.26 Å². The second-order valence-corrected chi connectivity index (χ2v) is 5.27. The molecule has 3 heteroatoms. The quantitative estimate of drug-likeness (QED) is 0.591. The number of hydrogen-bond acceptors (Lipinski definition) is 2. The van der Waals surface area contributed by atoms with Crippen LogP contribution >= 0.6 is 0 Å². The molecule has 0 aliphatic rings. The lowest BCUT2D eigenvalue weighted by Gasteiger charge is -2.07. The van der Waals surface area contributed by atoms with E-state index in [9.17, 15) is 0 Å². The van der Waals surface area contributed by atoms with Gasteiger partial charge in [0.15, 0.2) is 0 Å². The van der Waals surface area contributed by atoms with Crippen molar-refractivity contribution in [3.05, 3.63) is 66.4 Å². The number of aromatic nitrogens is 2. The van der Waals surface area contributed by atoms with Gasteiger partial charge in [-0.1, -0.05) is 36.4 Å². The summed E-state index contributed by atoms with van der Waals surface area (Å²) in [5, 5.41) is 11.3. The molecule has 3 nitrogen and oxygen atoms in total. The zero-order valence-corrected chi connectivity index (χ0v) is 11.9. The first-order valence-electron chi connectivity index (χ1n) is 7.19. The Kier molecular flexibility index (Phi) is 2.87. The Morgan fingerprint density at radius 2 is 1.77 bits per heavy atom. The summed E-state index contributed by atoms with van der Waals surface area (Å²) in [5.41, 5.74) is 5.01. The summed E-state index contributed by atoms with van der Waals surface area (Å²) in [4.78, 5) is 8.06. The maximum Gasteiger partial charge on any atom is 0.0734 e. The molecule has 0 radical (unpaired) electrons. The average molecular weight is 283 g/mol. The Labute approximate surface area is 127 Å². The van der Waals surface area contributed by atoms with Crippen LogP contribution in [0.2, 0.25) is 0 Å². The van der Waals surface area contributed by atoms with Gasteiger partial charge in [0.25, 0.3) is 0 Å². The lowest BCUT2D eigenvalue weighted by molar-refractivity contribution is 1.26. The van der Waals surface area contributed by atoms with Crippen molar-refractivity contribution in [2.45, 2.75) is 6.42 Å². The third kappa shape index (κ3) is 1.94. The van der Waals surface area contributed by atoms with Crippen LogP contribution in [0.1, 0.15) is 5.56 Å². The molecule has 0 atom stereocenters. The molecule has 0 aliphatic heterocycles. The van der Waals surface area contributed by atoms with E-state index >= 15 is 0 Å². The highest BCUT2D eigenvalue weighted by molar-refractivity contribution is 5.96. The highest BCUT2D eigenvalue weighted by Crippen LogP contribution is 2.30. The molecule has 0 fully saturated rings. The monoisotopic (exact) mass is 283 g/mol. The van der Waals surface area contributed by atoms with Crippen LogP contribution in [0, 0.1) is 11.3 Å². The Morgan fingerprint density at radius 1 is 1.00 bits per heavy atom. The summed E-state index contributed by atoms with van der Waals surface area (Å²) in [6.45, 7) is 0. The highest BCUT2D eigenvalue weighted by Gasteiger charge is 2.10. The van der Waals surface area contributed by atoms with E-state index in [1.54, 1.807) is 0 Å². The van der Waals surface area contributed by atoms with Crippen LogP contribution in [0.25, 0.3) is 33.1 Å². The Hall–Kier alpha value is -3.12. The molecule has 2 heterocycles. The van der Waals surface area contributed by atoms with E-state index in [0.717, 1.165) is 38.6 Å². The molecule has 4 rings (SSSR count). The second-order valence-electron chi connectivity index (χ2n) is 5.27. The van der Waals surface area contributed by atoms with Crippen molar-refractivity contribution in [3.63, 3.8) is 0 Å². The van der Waals surface area contributed by atoms with Crippen molar-refractivity contribution < 1.29 is 0 Å². The van der Waals surface area contributed by atoms with E-state index in [0.29, 0.717) is 6.42 Å². The van der Waals surface area contributed by atoms with Crippen LogP contribution in [0.3, 0.4) is 0 Å². The molecule has 104 valence electrons. The number of nitrogens with zero attached hydrogens (tertiary/aromatic N) is 2. The van der Waals surface area contributed by atoms with E-state index in [1.807, 2.05) is 48.7 Å². The van der Waals surface area contributed by atoms with Crippen molar-refractivity contribution in [1.29, 1.82) is 5.26 Å². The van der Waals surface area contributed by atoms with E-state index in [2.05, 4.69) is 23.2 Å². The highest BCUT2D eigenvalue weighted by atomic mass is 14.7. The number of rotatable bonds is 2. The fourth-order valence-electron chi connectivity index (χ4n) is 2.90. The summed E-state index contributed by atoms with van der Waals surface area (Å²) in [6.07, 6.45) is 2.37. The molecule has 0 amide bonds. The summed E-state index contributed by atoms with van der Waals surface area (Å²) >= 11 is 0. The van der Waals surface area contributed by atoms with Crippen molar-refractivity contribution in [1.82, 2.24) is 9.97 Å².